The van der Waals surface area contributed by atoms with Crippen LogP contribution in [0, 0.1) is 0 Å². The molecule has 3 nitrogen and oxygen atoms in total. The lowest BCUT2D eigenvalue weighted by Crippen LogP contribution is -2.17. The normalized spacial score (nSPS) is 10.6. The molecule has 0 bridgehead atoms. The Bertz CT molecular complexity index is 640. The minimum atomic E-state index is -0.201. The van der Waals surface area contributed by atoms with Gasteiger partial charge in [0, 0.05) is 22.2 Å². The SMILES string of the molecule is CCCn1cc(Br)cc1C(=O)Nc1ccc(Cl)cc1Cl. The molecular formula is C14H13BrCl2N2O. The average molecular weight is 376 g/mol. The highest BCUT2D eigenvalue weighted by Crippen LogP contribution is 2.26. The van der Waals surface area contributed by atoms with Gasteiger partial charge in [0.05, 0.1) is 10.7 Å². The number of carbonyl (C=O) groups excluding carboxylic acids is 1. The molecule has 0 aliphatic rings. The topological polar surface area (TPSA) is 34.0 Å². The Morgan fingerprint density at radius 2 is 2.10 bits per heavy atom. The van der Waals surface area contributed by atoms with Crippen LogP contribution in [0.25, 0.3) is 0 Å². The molecule has 0 aliphatic carbocycles. The van der Waals surface area contributed by atoms with Crippen LogP contribution >= 0.6 is 39.1 Å². The lowest BCUT2D eigenvalue weighted by Gasteiger charge is -2.10. The minimum absolute atomic E-state index is 0.201. The predicted octanol–water partition coefficient (Wildman–Crippen LogP) is 5.22. The third-order valence-electron chi connectivity index (χ3n) is 2.74. The minimum Gasteiger partial charge on any atom is -0.342 e. The summed E-state index contributed by atoms with van der Waals surface area (Å²) >= 11 is 15.3. The number of rotatable bonds is 4. The number of carbonyl (C=O) groups is 1. The second kappa shape index (κ2) is 6.66. The molecule has 0 radical (unpaired) electrons. The van der Waals surface area contributed by atoms with Gasteiger partial charge in [-0.2, -0.15) is 0 Å². The van der Waals surface area contributed by atoms with Crippen molar-refractivity contribution in [1.82, 2.24) is 4.57 Å². The Hall–Kier alpha value is -0.970. The van der Waals surface area contributed by atoms with Gasteiger partial charge in [0.1, 0.15) is 5.69 Å². The number of amides is 1. The summed E-state index contributed by atoms with van der Waals surface area (Å²) in [4.78, 5) is 12.3. The molecule has 2 aromatic rings. The highest BCUT2D eigenvalue weighted by molar-refractivity contribution is 9.10. The van der Waals surface area contributed by atoms with E-state index < -0.39 is 0 Å². The molecule has 0 spiro atoms. The number of hydrogen-bond acceptors (Lipinski definition) is 1. The summed E-state index contributed by atoms with van der Waals surface area (Å²) in [5, 5.41) is 3.74. The maximum atomic E-state index is 12.3. The zero-order valence-electron chi connectivity index (χ0n) is 10.8. The van der Waals surface area contributed by atoms with Gasteiger partial charge < -0.3 is 9.88 Å². The molecule has 106 valence electrons. The number of aryl methyl sites for hydroxylation is 1. The van der Waals surface area contributed by atoms with E-state index in [0.29, 0.717) is 21.4 Å². The molecule has 0 unspecified atom stereocenters. The highest BCUT2D eigenvalue weighted by Gasteiger charge is 2.14. The zero-order chi connectivity index (χ0) is 14.7. The number of hydrogen-bond donors (Lipinski definition) is 1. The first-order valence-corrected chi connectivity index (χ1v) is 7.68. The second-order valence-electron chi connectivity index (χ2n) is 4.32. The highest BCUT2D eigenvalue weighted by atomic mass is 79.9. The third kappa shape index (κ3) is 3.57. The molecule has 1 amide bonds. The Balaban J connectivity index is 2.23. The standard InChI is InChI=1S/C14H13BrCl2N2O/c1-2-5-19-8-9(15)6-13(19)14(20)18-12-4-3-10(16)7-11(12)17/h3-4,6-8H,2,5H2,1H3,(H,18,20). The molecule has 0 fully saturated rings. The summed E-state index contributed by atoms with van der Waals surface area (Å²) in [7, 11) is 0. The Morgan fingerprint density at radius 3 is 2.75 bits per heavy atom. The van der Waals surface area contributed by atoms with Crippen LogP contribution in [0.1, 0.15) is 23.8 Å². The largest absolute Gasteiger partial charge is 0.342 e. The quantitative estimate of drug-likeness (QED) is 0.780. The predicted molar refractivity (Wildman–Crippen MR) is 86.8 cm³/mol. The molecule has 2 rings (SSSR count). The van der Waals surface area contributed by atoms with Crippen LogP contribution in [-0.2, 0) is 6.54 Å². The molecular weight excluding hydrogens is 363 g/mol. The van der Waals surface area contributed by atoms with E-state index in [9.17, 15) is 4.79 Å². The van der Waals surface area contributed by atoms with Crippen LogP contribution in [0.2, 0.25) is 10.0 Å². The smallest absolute Gasteiger partial charge is 0.272 e. The van der Waals surface area contributed by atoms with E-state index in [1.165, 1.54) is 0 Å². The first-order valence-electron chi connectivity index (χ1n) is 6.13. The summed E-state index contributed by atoms with van der Waals surface area (Å²) in [5.41, 5.74) is 1.13. The molecule has 0 atom stereocenters. The number of aromatic nitrogens is 1. The number of anilines is 1. The Labute approximate surface area is 136 Å². The van der Waals surface area contributed by atoms with Gasteiger partial charge in [-0.1, -0.05) is 30.1 Å². The zero-order valence-corrected chi connectivity index (χ0v) is 13.9. The van der Waals surface area contributed by atoms with E-state index in [2.05, 4.69) is 28.2 Å². The van der Waals surface area contributed by atoms with Gasteiger partial charge in [-0.3, -0.25) is 4.79 Å². The summed E-state index contributed by atoms with van der Waals surface area (Å²) in [5.74, 6) is -0.201. The number of halogens is 3. The molecule has 1 aromatic heterocycles. The van der Waals surface area contributed by atoms with E-state index in [1.54, 1.807) is 24.3 Å². The monoisotopic (exact) mass is 374 g/mol. The van der Waals surface area contributed by atoms with Gasteiger partial charge in [-0.25, -0.2) is 0 Å². The summed E-state index contributed by atoms with van der Waals surface area (Å²) in [6.07, 6.45) is 2.84. The third-order valence-corrected chi connectivity index (χ3v) is 3.72. The van der Waals surface area contributed by atoms with Gasteiger partial charge in [-0.05, 0) is 46.6 Å². The van der Waals surface area contributed by atoms with Crippen molar-refractivity contribution in [3.05, 3.63) is 50.7 Å². The Kier molecular flexibility index (Phi) is 5.13. The van der Waals surface area contributed by atoms with Crippen LogP contribution in [0.15, 0.2) is 34.9 Å². The van der Waals surface area contributed by atoms with Crippen molar-refractivity contribution in [2.75, 3.05) is 5.32 Å². The fraction of sp³-hybridized carbons (Fsp3) is 0.214. The van der Waals surface area contributed by atoms with Crippen molar-refractivity contribution in [1.29, 1.82) is 0 Å². The van der Waals surface area contributed by atoms with Crippen molar-refractivity contribution in [2.45, 2.75) is 19.9 Å². The van der Waals surface area contributed by atoms with E-state index in [0.717, 1.165) is 17.4 Å². The first-order chi connectivity index (χ1) is 9.51. The van der Waals surface area contributed by atoms with E-state index >= 15 is 0 Å². The average Bonchev–Trinajstić information content (AvgIpc) is 2.74. The van der Waals surface area contributed by atoms with Crippen molar-refractivity contribution in [3.63, 3.8) is 0 Å². The lowest BCUT2D eigenvalue weighted by molar-refractivity contribution is 0.101. The van der Waals surface area contributed by atoms with Gasteiger partial charge in [0.2, 0.25) is 0 Å². The number of benzene rings is 1. The van der Waals surface area contributed by atoms with E-state index in [1.807, 2.05) is 10.8 Å². The Morgan fingerprint density at radius 1 is 1.35 bits per heavy atom. The lowest BCUT2D eigenvalue weighted by atomic mass is 10.3. The first kappa shape index (κ1) is 15.4. The molecule has 0 aliphatic heterocycles. The number of nitrogens with zero attached hydrogens (tertiary/aromatic N) is 1. The molecule has 1 heterocycles. The second-order valence-corrected chi connectivity index (χ2v) is 6.07. The van der Waals surface area contributed by atoms with Crippen LogP contribution in [-0.4, -0.2) is 10.5 Å². The maximum absolute atomic E-state index is 12.3. The fourth-order valence-corrected chi connectivity index (χ4v) is 2.79. The number of nitrogens with one attached hydrogen (secondary N) is 1. The van der Waals surface area contributed by atoms with Crippen molar-refractivity contribution in [3.8, 4) is 0 Å². The fourth-order valence-electron chi connectivity index (χ4n) is 1.87. The summed E-state index contributed by atoms with van der Waals surface area (Å²) in [6.45, 7) is 2.84. The van der Waals surface area contributed by atoms with Crippen LogP contribution in [0.3, 0.4) is 0 Å². The molecule has 0 saturated carbocycles. The van der Waals surface area contributed by atoms with Crippen molar-refractivity contribution in [2.24, 2.45) is 0 Å². The molecule has 0 saturated heterocycles. The maximum Gasteiger partial charge on any atom is 0.272 e. The van der Waals surface area contributed by atoms with Gasteiger partial charge in [-0.15, -0.1) is 0 Å². The molecule has 6 heteroatoms. The molecule has 20 heavy (non-hydrogen) atoms. The molecule has 1 N–H and O–H groups in total. The van der Waals surface area contributed by atoms with Crippen LogP contribution in [0.5, 0.6) is 0 Å². The van der Waals surface area contributed by atoms with Gasteiger partial charge in [0.15, 0.2) is 0 Å². The summed E-state index contributed by atoms with van der Waals surface area (Å²) < 4.78 is 2.78. The van der Waals surface area contributed by atoms with E-state index in [4.69, 9.17) is 23.2 Å². The van der Waals surface area contributed by atoms with Crippen molar-refractivity contribution < 1.29 is 4.79 Å². The van der Waals surface area contributed by atoms with Crippen LogP contribution < -0.4 is 5.32 Å². The van der Waals surface area contributed by atoms with Crippen LogP contribution in [0.4, 0.5) is 5.69 Å². The van der Waals surface area contributed by atoms with Gasteiger partial charge in [0.25, 0.3) is 5.91 Å². The van der Waals surface area contributed by atoms with Gasteiger partial charge >= 0.3 is 0 Å². The summed E-state index contributed by atoms with van der Waals surface area (Å²) in [6, 6.07) is 6.75. The van der Waals surface area contributed by atoms with E-state index in [-0.39, 0.29) is 5.91 Å². The van der Waals surface area contributed by atoms with Crippen molar-refractivity contribution >= 4 is 50.7 Å². The molecule has 1 aromatic carbocycles.